The van der Waals surface area contributed by atoms with Gasteiger partial charge in [0.15, 0.2) is 0 Å². The highest BCUT2D eigenvalue weighted by molar-refractivity contribution is 7.91. The first-order valence-electron chi connectivity index (χ1n) is 13.6. The number of rotatable bonds is 14. The fourth-order valence-electron chi connectivity index (χ4n) is 3.93. The molecule has 0 spiro atoms. The molecule has 0 saturated heterocycles. The maximum absolute atomic E-state index is 12.9. The Bertz CT molecular complexity index is 923. The molecule has 0 fully saturated rings. The van der Waals surface area contributed by atoms with Crippen molar-refractivity contribution in [1.29, 1.82) is 0 Å². The van der Waals surface area contributed by atoms with Crippen LogP contribution in [0.1, 0.15) is 122 Å². The first-order valence-corrected chi connectivity index (χ1v) is 15.1. The topological polar surface area (TPSA) is 94.8 Å². The number of benzene rings is 2. The molecule has 0 aromatic heterocycles. The van der Waals surface area contributed by atoms with Crippen molar-refractivity contribution in [3.63, 3.8) is 0 Å². The molecule has 0 amide bonds. The van der Waals surface area contributed by atoms with E-state index in [1.54, 1.807) is 12.1 Å². The van der Waals surface area contributed by atoms with Crippen LogP contribution in [0.3, 0.4) is 0 Å². The van der Waals surface area contributed by atoms with Crippen molar-refractivity contribution in [2.45, 2.75) is 120 Å². The van der Waals surface area contributed by atoms with Gasteiger partial charge in [-0.3, -0.25) is 0 Å². The smallest absolute Gasteiger partial charge is 0.213 e. The second-order valence-electron chi connectivity index (χ2n) is 10.2. The summed E-state index contributed by atoms with van der Waals surface area (Å²) in [5.41, 5.74) is 1.61. The maximum Gasteiger partial charge on any atom is 0.213 e. The Morgan fingerprint density at radius 3 is 1.33 bits per heavy atom. The molecule has 0 saturated carbocycles. The van der Waals surface area contributed by atoms with Gasteiger partial charge in [-0.05, 0) is 53.6 Å². The SMILES string of the molecule is CC(C)c1ccc(O)c(S(=O)(=O)c2cc(C(C)C)ccc2O)c1.CCCCCCCCCCCCO. The quantitative estimate of drug-likeness (QED) is 0.219. The maximum atomic E-state index is 12.9. The lowest BCUT2D eigenvalue weighted by molar-refractivity contribution is 0.282. The van der Waals surface area contributed by atoms with Gasteiger partial charge in [-0.15, -0.1) is 0 Å². The van der Waals surface area contributed by atoms with Crippen LogP contribution in [0.15, 0.2) is 46.2 Å². The molecule has 0 atom stereocenters. The first kappa shape index (κ1) is 32.0. The van der Waals surface area contributed by atoms with E-state index in [1.807, 2.05) is 27.7 Å². The van der Waals surface area contributed by atoms with Crippen molar-refractivity contribution < 1.29 is 23.7 Å². The second-order valence-corrected chi connectivity index (χ2v) is 12.1. The molecule has 6 heteroatoms. The predicted molar refractivity (Wildman–Crippen MR) is 149 cm³/mol. The van der Waals surface area contributed by atoms with Crippen molar-refractivity contribution >= 4 is 9.84 Å². The molecule has 0 aliphatic carbocycles. The van der Waals surface area contributed by atoms with Crippen LogP contribution < -0.4 is 0 Å². The summed E-state index contributed by atoms with van der Waals surface area (Å²) in [4.78, 5) is -0.361. The zero-order valence-corrected chi connectivity index (χ0v) is 23.8. The van der Waals surface area contributed by atoms with Crippen molar-refractivity contribution in [3.8, 4) is 11.5 Å². The monoisotopic (exact) mass is 520 g/mol. The molecule has 0 aliphatic rings. The second kappa shape index (κ2) is 16.6. The number of hydrogen-bond acceptors (Lipinski definition) is 5. The van der Waals surface area contributed by atoms with Crippen LogP contribution in [0, 0.1) is 0 Å². The van der Waals surface area contributed by atoms with Gasteiger partial charge < -0.3 is 15.3 Å². The van der Waals surface area contributed by atoms with Crippen LogP contribution >= 0.6 is 0 Å². The van der Waals surface area contributed by atoms with Crippen molar-refractivity contribution in [2.75, 3.05) is 6.61 Å². The van der Waals surface area contributed by atoms with Gasteiger partial charge in [0.1, 0.15) is 21.3 Å². The van der Waals surface area contributed by atoms with E-state index in [0.717, 1.165) is 17.5 Å². The van der Waals surface area contributed by atoms with E-state index in [4.69, 9.17) is 5.11 Å². The molecule has 0 bridgehead atoms. The van der Waals surface area contributed by atoms with Crippen LogP contribution in [0.25, 0.3) is 0 Å². The van der Waals surface area contributed by atoms with E-state index in [9.17, 15) is 18.6 Å². The molecule has 2 aromatic rings. The number of phenolic OH excluding ortho intramolecular Hbond substituents is 2. The number of phenols is 2. The zero-order valence-electron chi connectivity index (χ0n) is 23.0. The fourth-order valence-corrected chi connectivity index (χ4v) is 5.43. The first-order chi connectivity index (χ1) is 17.1. The van der Waals surface area contributed by atoms with Gasteiger partial charge >= 0.3 is 0 Å². The number of sulfone groups is 1. The molecule has 0 radical (unpaired) electrons. The Balaban J connectivity index is 0.000000426. The van der Waals surface area contributed by atoms with Crippen LogP contribution in [0.5, 0.6) is 11.5 Å². The average molecular weight is 521 g/mol. The number of aromatic hydroxyl groups is 2. The number of hydrogen-bond donors (Lipinski definition) is 3. The fraction of sp³-hybridized carbons (Fsp3) is 0.600. The summed E-state index contributed by atoms with van der Waals surface area (Å²) < 4.78 is 25.8. The Morgan fingerprint density at radius 2 is 1.00 bits per heavy atom. The summed E-state index contributed by atoms with van der Waals surface area (Å²) in [5.74, 6) is -0.382. The highest BCUT2D eigenvalue weighted by Gasteiger charge is 2.26. The van der Waals surface area contributed by atoms with Gasteiger partial charge in [0.2, 0.25) is 9.84 Å². The average Bonchev–Trinajstić information content (AvgIpc) is 2.83. The Labute approximate surface area is 219 Å². The Hall–Kier alpha value is -2.05. The summed E-state index contributed by atoms with van der Waals surface area (Å²) >= 11 is 0. The van der Waals surface area contributed by atoms with Gasteiger partial charge in [0.25, 0.3) is 0 Å². The normalized spacial score (nSPS) is 11.6. The van der Waals surface area contributed by atoms with Gasteiger partial charge in [-0.25, -0.2) is 8.42 Å². The minimum absolute atomic E-state index is 0.125. The predicted octanol–water partition coefficient (Wildman–Crippen LogP) is 8.08. The summed E-state index contributed by atoms with van der Waals surface area (Å²) in [7, 11) is -4.01. The van der Waals surface area contributed by atoms with Crippen LogP contribution in [-0.4, -0.2) is 30.3 Å². The molecule has 2 rings (SSSR count). The lowest BCUT2D eigenvalue weighted by Crippen LogP contribution is -2.05. The number of unbranched alkanes of at least 4 members (excludes halogenated alkanes) is 9. The number of aliphatic hydroxyl groups is 1. The number of aliphatic hydroxyl groups excluding tert-OH is 1. The van der Waals surface area contributed by atoms with E-state index >= 15 is 0 Å². The van der Waals surface area contributed by atoms with Gasteiger partial charge in [0, 0.05) is 6.61 Å². The summed E-state index contributed by atoms with van der Waals surface area (Å²) in [6.45, 7) is 10.4. The van der Waals surface area contributed by atoms with Crippen molar-refractivity contribution in [1.82, 2.24) is 0 Å². The molecular weight excluding hydrogens is 472 g/mol. The minimum Gasteiger partial charge on any atom is -0.507 e. The summed E-state index contributed by atoms with van der Waals surface area (Å²) in [6.07, 6.45) is 13.3. The highest BCUT2D eigenvalue weighted by Crippen LogP contribution is 2.36. The summed E-state index contributed by atoms with van der Waals surface area (Å²) in [5, 5.41) is 28.6. The van der Waals surface area contributed by atoms with Crippen LogP contribution in [-0.2, 0) is 9.84 Å². The van der Waals surface area contributed by atoms with Gasteiger partial charge in [0.05, 0.1) is 0 Å². The molecule has 5 nitrogen and oxygen atoms in total. The Morgan fingerprint density at radius 1 is 0.639 bits per heavy atom. The molecule has 204 valence electrons. The molecule has 2 aromatic carbocycles. The third-order valence-corrected chi connectivity index (χ3v) is 8.20. The van der Waals surface area contributed by atoms with Crippen LogP contribution in [0.2, 0.25) is 0 Å². The lowest BCUT2D eigenvalue weighted by atomic mass is 10.0. The van der Waals surface area contributed by atoms with Crippen molar-refractivity contribution in [2.24, 2.45) is 0 Å². The summed E-state index contributed by atoms with van der Waals surface area (Å²) in [6, 6.07) is 9.09. The van der Waals surface area contributed by atoms with E-state index < -0.39 is 9.84 Å². The van der Waals surface area contributed by atoms with E-state index in [1.165, 1.54) is 82.1 Å². The molecule has 0 aliphatic heterocycles. The molecule has 36 heavy (non-hydrogen) atoms. The lowest BCUT2D eigenvalue weighted by Gasteiger charge is -2.14. The highest BCUT2D eigenvalue weighted by atomic mass is 32.2. The minimum atomic E-state index is -4.01. The third-order valence-electron chi connectivity index (χ3n) is 6.39. The standard InChI is InChI=1S/C18H22O4S.C12H26O/c1-11(2)13-5-7-15(19)17(9-13)23(21,22)18-10-14(12(3)4)6-8-16(18)20;1-2-3-4-5-6-7-8-9-10-11-12-13/h5-12,19-20H,1-4H3;13H,2-12H2,1H3. The van der Waals surface area contributed by atoms with Crippen molar-refractivity contribution in [3.05, 3.63) is 47.5 Å². The molecule has 0 unspecified atom stereocenters. The zero-order chi connectivity index (χ0) is 27.1. The van der Waals surface area contributed by atoms with Gasteiger partial charge in [-0.1, -0.05) is 105 Å². The van der Waals surface area contributed by atoms with Gasteiger partial charge in [-0.2, -0.15) is 0 Å². The van der Waals surface area contributed by atoms with E-state index in [2.05, 4.69) is 6.92 Å². The third kappa shape index (κ3) is 10.5. The van der Waals surface area contributed by atoms with E-state index in [-0.39, 0.29) is 33.1 Å². The Kier molecular flexibility index (Phi) is 14.8. The molecule has 0 heterocycles. The molecular formula is C30H48O5S. The molecule has 3 N–H and O–H groups in total. The van der Waals surface area contributed by atoms with E-state index in [0.29, 0.717) is 6.61 Å². The largest absolute Gasteiger partial charge is 0.507 e. The van der Waals surface area contributed by atoms with Crippen LogP contribution in [0.4, 0.5) is 0 Å².